The van der Waals surface area contributed by atoms with E-state index < -0.39 is 5.97 Å². The lowest BCUT2D eigenvalue weighted by Gasteiger charge is -2.02. The van der Waals surface area contributed by atoms with E-state index in [0.717, 1.165) is 14.3 Å². The highest BCUT2D eigenvalue weighted by molar-refractivity contribution is 7.80. The van der Waals surface area contributed by atoms with Gasteiger partial charge < -0.3 is 10.2 Å². The first-order valence-corrected chi connectivity index (χ1v) is 9.72. The lowest BCUT2D eigenvalue weighted by molar-refractivity contribution is 0.0693. The molecule has 0 fully saturated rings. The Morgan fingerprint density at radius 1 is 1.08 bits per heavy atom. The van der Waals surface area contributed by atoms with Crippen LogP contribution in [0.4, 0.5) is 5.69 Å². The number of carbonyl (C=O) groups is 1. The van der Waals surface area contributed by atoms with Crippen molar-refractivity contribution in [3.63, 3.8) is 0 Å². The first-order chi connectivity index (χ1) is 12.0. The molecule has 25 heavy (non-hydrogen) atoms. The molecule has 8 heteroatoms. The van der Waals surface area contributed by atoms with Gasteiger partial charge in [0.2, 0.25) is 0 Å². The van der Waals surface area contributed by atoms with E-state index >= 15 is 0 Å². The van der Waals surface area contributed by atoms with Gasteiger partial charge in [0.1, 0.15) is 15.1 Å². The summed E-state index contributed by atoms with van der Waals surface area (Å²) in [7, 11) is 3.22. The second-order valence-electron chi connectivity index (χ2n) is 5.10. The molecule has 0 saturated carbocycles. The molecule has 0 saturated heterocycles. The van der Waals surface area contributed by atoms with Crippen LogP contribution >= 0.6 is 32.9 Å². The first kappa shape index (κ1) is 17.4. The van der Waals surface area contributed by atoms with Gasteiger partial charge in [0.05, 0.1) is 12.2 Å². The van der Waals surface area contributed by atoms with Gasteiger partial charge in [0, 0.05) is 4.88 Å². The molecule has 0 bridgehead atoms. The number of azo groups is 1. The van der Waals surface area contributed by atoms with Gasteiger partial charge in [-0.2, -0.15) is 10.2 Å². The Balaban J connectivity index is 1.69. The smallest absolute Gasteiger partial charge is 0.339 e. The Kier molecular flexibility index (Phi) is 5.32. The van der Waals surface area contributed by atoms with E-state index in [2.05, 4.69) is 10.2 Å². The van der Waals surface area contributed by atoms with Crippen LogP contribution in [-0.4, -0.2) is 16.2 Å². The largest absolute Gasteiger partial charge is 0.507 e. The summed E-state index contributed by atoms with van der Waals surface area (Å²) >= 11 is 5.14. The number of aromatic carboxylic acids is 1. The molecule has 0 aliphatic carbocycles. The van der Waals surface area contributed by atoms with E-state index in [4.69, 9.17) is 17.3 Å². The molecule has 1 heterocycles. The molecule has 0 atom stereocenters. The minimum absolute atomic E-state index is 0.143. The molecule has 3 rings (SSSR count). The molecule has 0 amide bonds. The Labute approximate surface area is 156 Å². The maximum absolute atomic E-state index is 11.0. The number of carboxylic acids is 1. The minimum atomic E-state index is -1.18. The summed E-state index contributed by atoms with van der Waals surface area (Å²) in [5.41, 5.74) is 2.31. The minimum Gasteiger partial charge on any atom is -0.507 e. The lowest BCUT2D eigenvalue weighted by Crippen LogP contribution is -1.97. The van der Waals surface area contributed by atoms with Crippen LogP contribution in [0.25, 0.3) is 10.4 Å². The van der Waals surface area contributed by atoms with Crippen LogP contribution in [0.5, 0.6) is 5.75 Å². The summed E-state index contributed by atoms with van der Waals surface area (Å²) in [6.07, 6.45) is 0. The van der Waals surface area contributed by atoms with Gasteiger partial charge in [0.15, 0.2) is 0 Å². The maximum atomic E-state index is 11.0. The Morgan fingerprint density at radius 3 is 2.48 bits per heavy atom. The third kappa shape index (κ3) is 4.36. The van der Waals surface area contributed by atoms with Crippen LogP contribution in [0.2, 0.25) is 0 Å². The summed E-state index contributed by atoms with van der Waals surface area (Å²) in [6.45, 7) is 0.230. The standard InChI is InChI=1S/C17H12N2O3S3/c20-14-6-1-10(7-13(14)17(21)22)9-18-19-12-4-2-11(3-5-12)15-8-16(23)25-24-15/h1-8,20H,9H2,(H,21,22). The molecule has 2 N–H and O–H groups in total. The summed E-state index contributed by atoms with van der Waals surface area (Å²) in [5, 5.41) is 26.7. The third-order valence-electron chi connectivity index (χ3n) is 3.35. The molecule has 0 aliphatic heterocycles. The second kappa shape index (κ2) is 7.64. The molecule has 0 spiro atoms. The van der Waals surface area contributed by atoms with Crippen molar-refractivity contribution in [3.05, 3.63) is 63.5 Å². The van der Waals surface area contributed by atoms with Crippen molar-refractivity contribution in [2.45, 2.75) is 6.54 Å². The Morgan fingerprint density at radius 2 is 1.84 bits per heavy atom. The fraction of sp³-hybridized carbons (Fsp3) is 0.0588. The van der Waals surface area contributed by atoms with Crippen LogP contribution in [0.15, 0.2) is 58.8 Å². The fourth-order valence-corrected chi connectivity index (χ4v) is 4.52. The van der Waals surface area contributed by atoms with E-state index in [9.17, 15) is 9.90 Å². The molecule has 1 aromatic heterocycles. The number of rotatable bonds is 5. The number of hydrogen-bond acceptors (Lipinski definition) is 7. The molecule has 2 aromatic carbocycles. The lowest BCUT2D eigenvalue weighted by atomic mass is 10.1. The number of aromatic hydroxyl groups is 1. The predicted octanol–water partition coefficient (Wildman–Crippen LogP) is 5.89. The highest BCUT2D eigenvalue weighted by Gasteiger charge is 2.09. The molecule has 3 aromatic rings. The van der Waals surface area contributed by atoms with E-state index in [-0.39, 0.29) is 17.9 Å². The number of hydrogen-bond donors (Lipinski definition) is 2. The molecular formula is C17H12N2O3S3. The highest BCUT2D eigenvalue weighted by Crippen LogP contribution is 2.30. The molecule has 126 valence electrons. The normalized spacial score (nSPS) is 11.0. The third-order valence-corrected chi connectivity index (χ3v) is 6.26. The summed E-state index contributed by atoms with van der Waals surface area (Å²) in [5.74, 6) is -1.44. The van der Waals surface area contributed by atoms with E-state index in [0.29, 0.717) is 11.3 Å². The number of nitrogens with zero attached hydrogens (tertiary/aromatic N) is 2. The van der Waals surface area contributed by atoms with Gasteiger partial charge in [-0.1, -0.05) is 51.1 Å². The van der Waals surface area contributed by atoms with Gasteiger partial charge in [0.25, 0.3) is 0 Å². The van der Waals surface area contributed by atoms with Gasteiger partial charge in [-0.05, 0) is 41.5 Å². The zero-order chi connectivity index (χ0) is 17.8. The van der Waals surface area contributed by atoms with Crippen LogP contribution in [0, 0.1) is 3.82 Å². The molecule has 0 aliphatic rings. The van der Waals surface area contributed by atoms with Crippen LogP contribution in [0.3, 0.4) is 0 Å². The van der Waals surface area contributed by atoms with Gasteiger partial charge in [-0.25, -0.2) is 4.79 Å². The first-order valence-electron chi connectivity index (χ1n) is 7.16. The molecular weight excluding hydrogens is 376 g/mol. The van der Waals surface area contributed by atoms with Crippen LogP contribution in [0.1, 0.15) is 15.9 Å². The predicted molar refractivity (Wildman–Crippen MR) is 102 cm³/mol. The average Bonchev–Trinajstić information content (AvgIpc) is 3.03. The van der Waals surface area contributed by atoms with Crippen molar-refractivity contribution < 1.29 is 15.0 Å². The fourth-order valence-electron chi connectivity index (χ4n) is 2.12. The van der Waals surface area contributed by atoms with Crippen LogP contribution in [-0.2, 0) is 6.54 Å². The quantitative estimate of drug-likeness (QED) is 0.324. The summed E-state index contributed by atoms with van der Waals surface area (Å²) in [6, 6.07) is 14.0. The zero-order valence-electron chi connectivity index (χ0n) is 12.7. The SMILES string of the molecule is O=C(O)c1cc(CN=Nc2ccc(-c3cc(=S)ss3)cc2)ccc1O. The van der Waals surface area contributed by atoms with Crippen molar-refractivity contribution in [3.8, 4) is 16.2 Å². The number of carboxylic acid groups (broad SMARTS) is 1. The van der Waals surface area contributed by atoms with E-state index in [1.165, 1.54) is 12.1 Å². The zero-order valence-corrected chi connectivity index (χ0v) is 15.2. The second-order valence-corrected chi connectivity index (χ2v) is 8.01. The van der Waals surface area contributed by atoms with Crippen molar-refractivity contribution in [1.29, 1.82) is 0 Å². The Bertz CT molecular complexity index is 991. The summed E-state index contributed by atoms with van der Waals surface area (Å²) in [4.78, 5) is 12.1. The molecule has 0 unspecified atom stereocenters. The van der Waals surface area contributed by atoms with Crippen molar-refractivity contribution in [1.82, 2.24) is 0 Å². The van der Waals surface area contributed by atoms with Gasteiger partial charge in [-0.15, -0.1) is 0 Å². The van der Waals surface area contributed by atoms with Crippen molar-refractivity contribution in [2.24, 2.45) is 10.2 Å². The molecule has 0 radical (unpaired) electrons. The van der Waals surface area contributed by atoms with Gasteiger partial charge >= 0.3 is 5.97 Å². The van der Waals surface area contributed by atoms with Crippen LogP contribution < -0.4 is 0 Å². The topological polar surface area (TPSA) is 82.2 Å². The number of phenols is 1. The van der Waals surface area contributed by atoms with E-state index in [1.807, 2.05) is 30.3 Å². The van der Waals surface area contributed by atoms with Gasteiger partial charge in [-0.3, -0.25) is 0 Å². The highest BCUT2D eigenvalue weighted by atomic mass is 32.9. The van der Waals surface area contributed by atoms with Crippen molar-refractivity contribution in [2.75, 3.05) is 0 Å². The van der Waals surface area contributed by atoms with Crippen molar-refractivity contribution >= 4 is 44.6 Å². The Hall–Kier alpha value is -2.42. The summed E-state index contributed by atoms with van der Waals surface area (Å²) < 4.78 is 0.874. The van der Waals surface area contributed by atoms with E-state index in [1.54, 1.807) is 26.7 Å². The monoisotopic (exact) mass is 388 g/mol. The average molecular weight is 388 g/mol. The number of benzene rings is 2. The molecule has 5 nitrogen and oxygen atoms in total. The maximum Gasteiger partial charge on any atom is 0.339 e.